The summed E-state index contributed by atoms with van der Waals surface area (Å²) in [5.74, 6) is 0.324. The van der Waals surface area contributed by atoms with Crippen molar-refractivity contribution in [1.29, 1.82) is 0 Å². The molecule has 0 spiro atoms. The quantitative estimate of drug-likeness (QED) is 0.782. The molecule has 0 unspecified atom stereocenters. The van der Waals surface area contributed by atoms with Crippen molar-refractivity contribution in [2.45, 2.75) is 32.7 Å². The van der Waals surface area contributed by atoms with Crippen LogP contribution in [0.3, 0.4) is 0 Å². The molecule has 2 aliphatic heterocycles. The Kier molecular flexibility index (Phi) is 5.25. The molecule has 0 bridgehead atoms. The number of carbonyl (C=O) groups excluding carboxylic acids is 3. The number of rotatable bonds is 1. The van der Waals surface area contributed by atoms with Gasteiger partial charge in [0.25, 0.3) is 5.91 Å². The van der Waals surface area contributed by atoms with Crippen molar-refractivity contribution in [3.8, 4) is 5.75 Å². The van der Waals surface area contributed by atoms with Gasteiger partial charge in [-0.2, -0.15) is 0 Å². The van der Waals surface area contributed by atoms with Gasteiger partial charge in [-0.05, 0) is 39.0 Å². The maximum Gasteiger partial charge on any atom is 0.317 e. The largest absolute Gasteiger partial charge is 0.491 e. The fourth-order valence-electron chi connectivity index (χ4n) is 3.05. The van der Waals surface area contributed by atoms with Gasteiger partial charge in [-0.3, -0.25) is 9.59 Å². The molecule has 0 aromatic heterocycles. The maximum absolute atomic E-state index is 12.8. The first kappa shape index (κ1) is 19.0. The highest BCUT2D eigenvalue weighted by atomic mass is 16.5. The first-order valence-corrected chi connectivity index (χ1v) is 9.16. The zero-order chi connectivity index (χ0) is 19.6. The number of amides is 4. The second kappa shape index (κ2) is 7.46. The zero-order valence-corrected chi connectivity index (χ0v) is 16.0. The maximum atomic E-state index is 12.8. The van der Waals surface area contributed by atoms with Crippen LogP contribution in [-0.2, 0) is 4.79 Å². The lowest BCUT2D eigenvalue weighted by atomic mass is 10.1. The predicted octanol–water partition coefficient (Wildman–Crippen LogP) is 1.67. The second-order valence-electron chi connectivity index (χ2n) is 7.82. The van der Waals surface area contributed by atoms with Crippen LogP contribution in [0.5, 0.6) is 5.75 Å². The molecule has 1 aromatic carbocycles. The molecule has 2 heterocycles. The van der Waals surface area contributed by atoms with Gasteiger partial charge in [0, 0.05) is 37.3 Å². The number of hydrogen-bond donors (Lipinski definition) is 2. The van der Waals surface area contributed by atoms with Gasteiger partial charge < -0.3 is 25.2 Å². The first-order chi connectivity index (χ1) is 12.7. The zero-order valence-electron chi connectivity index (χ0n) is 16.0. The van der Waals surface area contributed by atoms with E-state index >= 15 is 0 Å². The molecule has 1 aromatic rings. The Hall–Kier alpha value is -2.77. The van der Waals surface area contributed by atoms with Crippen molar-refractivity contribution in [3.63, 3.8) is 0 Å². The highest BCUT2D eigenvalue weighted by Gasteiger charge is 2.27. The molecular weight excluding hydrogens is 348 g/mol. The van der Waals surface area contributed by atoms with Crippen LogP contribution < -0.4 is 15.4 Å². The molecule has 0 saturated carbocycles. The van der Waals surface area contributed by atoms with Crippen LogP contribution in [0.1, 0.15) is 37.6 Å². The van der Waals surface area contributed by atoms with E-state index in [1.54, 1.807) is 28.0 Å². The van der Waals surface area contributed by atoms with E-state index in [0.29, 0.717) is 49.8 Å². The standard InChI is InChI=1S/C19H26N4O4/c1-19(2,3)21-18(26)23-9-7-22(8-10-23)17(25)13-4-5-15-14(12-13)20-16(24)6-11-27-15/h4-5,12H,6-11H2,1-3H3,(H,20,24)(H,21,26). The van der Waals surface area contributed by atoms with Crippen LogP contribution in [0.15, 0.2) is 18.2 Å². The average Bonchev–Trinajstić information content (AvgIpc) is 2.79. The Morgan fingerprint density at radius 2 is 1.78 bits per heavy atom. The summed E-state index contributed by atoms with van der Waals surface area (Å²) in [6.07, 6.45) is 0.288. The lowest BCUT2D eigenvalue weighted by Crippen LogP contribution is -2.56. The van der Waals surface area contributed by atoms with E-state index in [9.17, 15) is 14.4 Å². The third-order valence-corrected chi connectivity index (χ3v) is 4.42. The van der Waals surface area contributed by atoms with Crippen LogP contribution in [-0.4, -0.2) is 66.0 Å². The van der Waals surface area contributed by atoms with Crippen molar-refractivity contribution in [2.24, 2.45) is 0 Å². The van der Waals surface area contributed by atoms with Gasteiger partial charge in [-0.25, -0.2) is 4.79 Å². The Balaban J connectivity index is 1.63. The average molecular weight is 374 g/mol. The van der Waals surface area contributed by atoms with Crippen LogP contribution in [0, 0.1) is 0 Å². The summed E-state index contributed by atoms with van der Waals surface area (Å²) in [4.78, 5) is 40.2. The number of hydrogen-bond acceptors (Lipinski definition) is 4. The minimum atomic E-state index is -0.293. The monoisotopic (exact) mass is 374 g/mol. The highest BCUT2D eigenvalue weighted by molar-refractivity contribution is 5.98. The normalized spacial score (nSPS) is 17.4. The number of piperazine rings is 1. The summed E-state index contributed by atoms with van der Waals surface area (Å²) >= 11 is 0. The van der Waals surface area contributed by atoms with Gasteiger partial charge in [0.15, 0.2) is 0 Å². The summed E-state index contributed by atoms with van der Waals surface area (Å²) < 4.78 is 5.52. The molecule has 2 aliphatic rings. The third-order valence-electron chi connectivity index (χ3n) is 4.42. The number of benzene rings is 1. The number of carbonyl (C=O) groups is 3. The minimum absolute atomic E-state index is 0.112. The predicted molar refractivity (Wildman–Crippen MR) is 101 cm³/mol. The lowest BCUT2D eigenvalue weighted by molar-refractivity contribution is -0.116. The summed E-state index contributed by atoms with van der Waals surface area (Å²) in [6.45, 7) is 8.04. The molecule has 8 heteroatoms. The molecule has 0 aliphatic carbocycles. The number of urea groups is 1. The summed E-state index contributed by atoms with van der Waals surface area (Å²) in [5.41, 5.74) is 0.719. The van der Waals surface area contributed by atoms with Gasteiger partial charge in [0.2, 0.25) is 5.91 Å². The molecule has 0 radical (unpaired) electrons. The van der Waals surface area contributed by atoms with Gasteiger partial charge in [0.1, 0.15) is 5.75 Å². The summed E-state index contributed by atoms with van der Waals surface area (Å²) in [6, 6.07) is 4.96. The molecule has 1 fully saturated rings. The van der Waals surface area contributed by atoms with Crippen molar-refractivity contribution in [2.75, 3.05) is 38.1 Å². The smallest absolute Gasteiger partial charge is 0.317 e. The molecule has 2 N–H and O–H groups in total. The minimum Gasteiger partial charge on any atom is -0.491 e. The highest BCUT2D eigenvalue weighted by Crippen LogP contribution is 2.28. The number of nitrogens with zero attached hydrogens (tertiary/aromatic N) is 2. The van der Waals surface area contributed by atoms with Gasteiger partial charge >= 0.3 is 6.03 Å². The van der Waals surface area contributed by atoms with Crippen LogP contribution in [0.2, 0.25) is 0 Å². The molecule has 0 atom stereocenters. The van der Waals surface area contributed by atoms with Crippen LogP contribution >= 0.6 is 0 Å². The van der Waals surface area contributed by atoms with E-state index in [2.05, 4.69) is 10.6 Å². The van der Waals surface area contributed by atoms with Crippen molar-refractivity contribution in [3.05, 3.63) is 23.8 Å². The molecule has 4 amide bonds. The van der Waals surface area contributed by atoms with Crippen LogP contribution in [0.4, 0.5) is 10.5 Å². The Morgan fingerprint density at radius 1 is 1.11 bits per heavy atom. The summed E-state index contributed by atoms with van der Waals surface area (Å²) in [7, 11) is 0. The van der Waals surface area contributed by atoms with E-state index in [-0.39, 0.29) is 29.8 Å². The van der Waals surface area contributed by atoms with Crippen molar-refractivity contribution in [1.82, 2.24) is 15.1 Å². The Bertz CT molecular complexity index is 749. The summed E-state index contributed by atoms with van der Waals surface area (Å²) in [5, 5.41) is 5.71. The van der Waals surface area contributed by atoms with Crippen molar-refractivity contribution < 1.29 is 19.1 Å². The molecule has 3 rings (SSSR count). The Labute approximate surface area is 158 Å². The number of fused-ring (bicyclic) bond motifs is 1. The number of anilines is 1. The fraction of sp³-hybridized carbons (Fsp3) is 0.526. The molecular formula is C19H26N4O4. The van der Waals surface area contributed by atoms with E-state index < -0.39 is 0 Å². The molecule has 146 valence electrons. The van der Waals surface area contributed by atoms with Crippen molar-refractivity contribution >= 4 is 23.5 Å². The second-order valence-corrected chi connectivity index (χ2v) is 7.82. The number of nitrogens with one attached hydrogen (secondary N) is 2. The van der Waals surface area contributed by atoms with Gasteiger partial charge in [-0.1, -0.05) is 0 Å². The van der Waals surface area contributed by atoms with Crippen LogP contribution in [0.25, 0.3) is 0 Å². The Morgan fingerprint density at radius 3 is 2.44 bits per heavy atom. The SMILES string of the molecule is CC(C)(C)NC(=O)N1CCN(C(=O)c2ccc3c(c2)NC(=O)CCO3)CC1. The number of ether oxygens (including phenoxy) is 1. The van der Waals surface area contributed by atoms with E-state index in [0.717, 1.165) is 0 Å². The van der Waals surface area contributed by atoms with E-state index in [1.165, 1.54) is 0 Å². The molecule has 27 heavy (non-hydrogen) atoms. The van der Waals surface area contributed by atoms with E-state index in [4.69, 9.17) is 4.74 Å². The van der Waals surface area contributed by atoms with Gasteiger partial charge in [0.05, 0.1) is 18.7 Å². The van der Waals surface area contributed by atoms with E-state index in [1.807, 2.05) is 20.8 Å². The lowest BCUT2D eigenvalue weighted by Gasteiger charge is -2.36. The first-order valence-electron chi connectivity index (χ1n) is 9.16. The van der Waals surface area contributed by atoms with Gasteiger partial charge in [-0.15, -0.1) is 0 Å². The fourth-order valence-corrected chi connectivity index (χ4v) is 3.05. The third kappa shape index (κ3) is 4.69. The molecule has 1 saturated heterocycles. The topological polar surface area (TPSA) is 91.0 Å². The molecule has 8 nitrogen and oxygen atoms in total.